The van der Waals surface area contributed by atoms with E-state index in [0.717, 1.165) is 33.9 Å². The van der Waals surface area contributed by atoms with Gasteiger partial charge in [-0.2, -0.15) is 0 Å². The van der Waals surface area contributed by atoms with Crippen molar-refractivity contribution in [2.45, 2.75) is 25.5 Å². The lowest BCUT2D eigenvalue weighted by molar-refractivity contribution is 0.0834. The topological polar surface area (TPSA) is 47.4 Å². The normalized spacial score (nSPS) is 15.3. The fourth-order valence-corrected chi connectivity index (χ4v) is 3.78. The zero-order valence-electron chi connectivity index (χ0n) is 14.3. The van der Waals surface area contributed by atoms with Gasteiger partial charge < -0.3 is 14.2 Å². The summed E-state index contributed by atoms with van der Waals surface area (Å²) in [4.78, 5) is 18.6. The number of nitrogens with zero attached hydrogens (tertiary/aromatic N) is 3. The molecule has 0 N–H and O–H groups in total. The maximum atomic E-state index is 12.3. The van der Waals surface area contributed by atoms with E-state index < -0.39 is 0 Å². The van der Waals surface area contributed by atoms with Crippen LogP contribution in [-0.4, -0.2) is 33.6 Å². The molecular formula is C20H20BrN3O2. The Morgan fingerprint density at radius 3 is 2.69 bits per heavy atom. The first-order valence-electron chi connectivity index (χ1n) is 8.78. The first kappa shape index (κ1) is 17.1. The predicted molar refractivity (Wildman–Crippen MR) is 104 cm³/mol. The number of amides is 1. The van der Waals surface area contributed by atoms with Gasteiger partial charge in [-0.25, -0.2) is 9.78 Å². The molecule has 26 heavy (non-hydrogen) atoms. The Bertz CT molecular complexity index is 902. The van der Waals surface area contributed by atoms with Gasteiger partial charge in [0.05, 0.1) is 17.4 Å². The molecule has 0 saturated carbocycles. The summed E-state index contributed by atoms with van der Waals surface area (Å²) in [5, 5.41) is 0. The minimum absolute atomic E-state index is 0.231. The van der Waals surface area contributed by atoms with Gasteiger partial charge in [0.1, 0.15) is 6.61 Å². The van der Waals surface area contributed by atoms with Crippen LogP contribution in [0.2, 0.25) is 0 Å². The lowest BCUT2D eigenvalue weighted by Gasteiger charge is -2.32. The molecule has 1 aromatic heterocycles. The molecule has 0 aliphatic carbocycles. The third kappa shape index (κ3) is 3.60. The molecular weight excluding hydrogens is 394 g/mol. The van der Waals surface area contributed by atoms with Gasteiger partial charge in [-0.1, -0.05) is 46.3 Å². The number of fused-ring (bicyclic) bond motifs is 1. The van der Waals surface area contributed by atoms with Crippen molar-refractivity contribution in [2.24, 2.45) is 0 Å². The summed E-state index contributed by atoms with van der Waals surface area (Å²) >= 11 is 3.53. The summed E-state index contributed by atoms with van der Waals surface area (Å²) in [5.74, 6) is 0. The van der Waals surface area contributed by atoms with Crippen molar-refractivity contribution in [3.8, 4) is 0 Å². The number of hydrogen-bond donors (Lipinski definition) is 0. The third-order valence-electron chi connectivity index (χ3n) is 4.86. The number of aromatic nitrogens is 2. The molecule has 2 heterocycles. The lowest BCUT2D eigenvalue weighted by atomic mass is 10.1. The van der Waals surface area contributed by atoms with Crippen LogP contribution >= 0.6 is 15.9 Å². The number of ether oxygens (including phenoxy) is 1. The van der Waals surface area contributed by atoms with E-state index in [2.05, 4.69) is 31.5 Å². The van der Waals surface area contributed by atoms with Crippen LogP contribution in [0.1, 0.15) is 24.4 Å². The molecule has 4 rings (SSSR count). The monoisotopic (exact) mass is 413 g/mol. The quantitative estimate of drug-likeness (QED) is 0.620. The minimum atomic E-state index is -0.231. The Kier molecular flexibility index (Phi) is 4.93. The van der Waals surface area contributed by atoms with Crippen molar-refractivity contribution in [3.63, 3.8) is 0 Å². The lowest BCUT2D eigenvalue weighted by Crippen LogP contribution is -2.39. The number of rotatable bonds is 3. The molecule has 5 nitrogen and oxygen atoms in total. The number of piperidine rings is 1. The van der Waals surface area contributed by atoms with E-state index >= 15 is 0 Å². The average molecular weight is 414 g/mol. The minimum Gasteiger partial charge on any atom is -0.445 e. The van der Waals surface area contributed by atoms with Gasteiger partial charge in [-0.15, -0.1) is 0 Å². The molecule has 1 saturated heterocycles. The van der Waals surface area contributed by atoms with Crippen LogP contribution in [-0.2, 0) is 11.3 Å². The van der Waals surface area contributed by atoms with E-state index in [1.54, 1.807) is 4.90 Å². The molecule has 134 valence electrons. The van der Waals surface area contributed by atoms with Gasteiger partial charge in [-0.05, 0) is 36.6 Å². The van der Waals surface area contributed by atoms with Crippen LogP contribution in [0.15, 0.2) is 59.3 Å². The van der Waals surface area contributed by atoms with Crippen LogP contribution < -0.4 is 0 Å². The SMILES string of the molecule is O=C(OCc1ccccc1)N1CCC(n2cnc3ccc(Br)cc32)CC1. The van der Waals surface area contributed by atoms with Gasteiger partial charge in [0, 0.05) is 23.6 Å². The Morgan fingerprint density at radius 2 is 1.92 bits per heavy atom. The summed E-state index contributed by atoms with van der Waals surface area (Å²) in [7, 11) is 0. The van der Waals surface area contributed by atoms with Crippen LogP contribution in [0.25, 0.3) is 11.0 Å². The smallest absolute Gasteiger partial charge is 0.410 e. The molecule has 0 atom stereocenters. The largest absolute Gasteiger partial charge is 0.445 e. The number of hydrogen-bond acceptors (Lipinski definition) is 3. The molecule has 1 amide bonds. The summed E-state index contributed by atoms with van der Waals surface area (Å²) < 4.78 is 8.72. The average Bonchev–Trinajstić information content (AvgIpc) is 3.10. The zero-order valence-corrected chi connectivity index (χ0v) is 15.9. The third-order valence-corrected chi connectivity index (χ3v) is 5.35. The van der Waals surface area contributed by atoms with Crippen molar-refractivity contribution >= 4 is 33.1 Å². The Balaban J connectivity index is 1.36. The summed E-state index contributed by atoms with van der Waals surface area (Å²) in [6.07, 6.45) is 3.48. The molecule has 0 spiro atoms. The first-order chi connectivity index (χ1) is 12.7. The second-order valence-electron chi connectivity index (χ2n) is 6.54. The van der Waals surface area contributed by atoms with Crippen LogP contribution in [0.5, 0.6) is 0 Å². The van der Waals surface area contributed by atoms with Crippen molar-refractivity contribution < 1.29 is 9.53 Å². The Hall–Kier alpha value is -2.34. The summed E-state index contributed by atoms with van der Waals surface area (Å²) in [6.45, 7) is 1.72. The molecule has 1 aliphatic rings. The van der Waals surface area contributed by atoms with Crippen LogP contribution in [0, 0.1) is 0 Å². The number of likely N-dealkylation sites (tertiary alicyclic amines) is 1. The van der Waals surface area contributed by atoms with Gasteiger partial charge >= 0.3 is 6.09 Å². The van der Waals surface area contributed by atoms with E-state index in [1.807, 2.05) is 48.8 Å². The second kappa shape index (κ2) is 7.50. The van der Waals surface area contributed by atoms with Gasteiger partial charge in [0.15, 0.2) is 0 Å². The predicted octanol–water partition coefficient (Wildman–Crippen LogP) is 4.77. The standard InChI is InChI=1S/C20H20BrN3O2/c21-16-6-7-18-19(12-16)24(14-22-18)17-8-10-23(11-9-17)20(25)26-13-15-4-2-1-3-5-15/h1-7,12,14,17H,8-11,13H2. The highest BCUT2D eigenvalue weighted by Gasteiger charge is 2.25. The number of benzene rings is 2. The molecule has 2 aromatic carbocycles. The number of imidazole rings is 1. The Labute approximate surface area is 160 Å². The highest BCUT2D eigenvalue weighted by atomic mass is 79.9. The molecule has 1 aliphatic heterocycles. The summed E-state index contributed by atoms with van der Waals surface area (Å²) in [6, 6.07) is 16.2. The highest BCUT2D eigenvalue weighted by molar-refractivity contribution is 9.10. The molecule has 0 unspecified atom stereocenters. The first-order valence-corrected chi connectivity index (χ1v) is 9.58. The Morgan fingerprint density at radius 1 is 1.15 bits per heavy atom. The zero-order chi connectivity index (χ0) is 17.9. The molecule has 0 radical (unpaired) electrons. The van der Waals surface area contributed by atoms with E-state index in [1.165, 1.54) is 0 Å². The van der Waals surface area contributed by atoms with Crippen molar-refractivity contribution in [1.82, 2.24) is 14.5 Å². The van der Waals surface area contributed by atoms with E-state index in [4.69, 9.17) is 4.74 Å². The van der Waals surface area contributed by atoms with Gasteiger partial charge in [0.2, 0.25) is 0 Å². The van der Waals surface area contributed by atoms with Crippen molar-refractivity contribution in [2.75, 3.05) is 13.1 Å². The second-order valence-corrected chi connectivity index (χ2v) is 7.46. The number of carbonyl (C=O) groups is 1. The number of carbonyl (C=O) groups excluding carboxylic acids is 1. The fourth-order valence-electron chi connectivity index (χ4n) is 3.43. The molecule has 0 bridgehead atoms. The number of halogens is 1. The highest BCUT2D eigenvalue weighted by Crippen LogP contribution is 2.28. The van der Waals surface area contributed by atoms with Crippen LogP contribution in [0.4, 0.5) is 4.79 Å². The van der Waals surface area contributed by atoms with Gasteiger partial charge in [0.25, 0.3) is 0 Å². The van der Waals surface area contributed by atoms with E-state index in [9.17, 15) is 4.79 Å². The molecule has 1 fully saturated rings. The van der Waals surface area contributed by atoms with E-state index in [0.29, 0.717) is 25.7 Å². The molecule has 3 aromatic rings. The fraction of sp³-hybridized carbons (Fsp3) is 0.300. The van der Waals surface area contributed by atoms with Crippen LogP contribution in [0.3, 0.4) is 0 Å². The molecule has 6 heteroatoms. The maximum Gasteiger partial charge on any atom is 0.410 e. The van der Waals surface area contributed by atoms with Gasteiger partial charge in [-0.3, -0.25) is 0 Å². The maximum absolute atomic E-state index is 12.3. The van der Waals surface area contributed by atoms with Crippen molar-refractivity contribution in [3.05, 3.63) is 64.9 Å². The van der Waals surface area contributed by atoms with E-state index in [-0.39, 0.29) is 6.09 Å². The van der Waals surface area contributed by atoms with Crippen molar-refractivity contribution in [1.29, 1.82) is 0 Å². The summed E-state index contributed by atoms with van der Waals surface area (Å²) in [5.41, 5.74) is 3.13.